The van der Waals surface area contributed by atoms with Crippen LogP contribution in [0.3, 0.4) is 0 Å². The van der Waals surface area contributed by atoms with Crippen LogP contribution in [0.5, 0.6) is 0 Å². The van der Waals surface area contributed by atoms with Gasteiger partial charge in [-0.05, 0) is 37.1 Å². The highest BCUT2D eigenvalue weighted by atomic mass is 32.1. The van der Waals surface area contributed by atoms with Crippen LogP contribution in [0.25, 0.3) is 0 Å². The molecule has 86 valence electrons. The van der Waals surface area contributed by atoms with Crippen LogP contribution in [0.15, 0.2) is 11.4 Å². The number of anilines is 1. The van der Waals surface area contributed by atoms with Gasteiger partial charge in [-0.25, -0.2) is 0 Å². The number of nitrogen functional groups attached to an aromatic ring is 1. The fourth-order valence-corrected chi connectivity index (χ4v) is 2.20. The fraction of sp³-hybridized carbons (Fsp3) is 0.667. The van der Waals surface area contributed by atoms with Crippen molar-refractivity contribution in [3.8, 4) is 0 Å². The van der Waals surface area contributed by atoms with Crippen LogP contribution >= 0.6 is 11.3 Å². The second-order valence-corrected chi connectivity index (χ2v) is 5.55. The molecule has 0 saturated heterocycles. The Balaban J connectivity index is 2.22. The van der Waals surface area contributed by atoms with Crippen LogP contribution in [0.1, 0.15) is 38.5 Å². The van der Waals surface area contributed by atoms with Crippen LogP contribution in [0.2, 0.25) is 0 Å². The molecule has 3 heteroatoms. The molecule has 0 aliphatic heterocycles. The number of thiophene rings is 1. The summed E-state index contributed by atoms with van der Waals surface area (Å²) in [5.74, 6) is 0.793. The minimum absolute atomic E-state index is 0.578. The van der Waals surface area contributed by atoms with Gasteiger partial charge in [0.15, 0.2) is 0 Å². The maximum Gasteiger partial charge on any atom is 0.0468 e. The number of hydrogen-bond donors (Lipinski definition) is 2. The van der Waals surface area contributed by atoms with Gasteiger partial charge in [-0.2, -0.15) is 0 Å². The number of rotatable bonds is 6. The van der Waals surface area contributed by atoms with E-state index in [4.69, 9.17) is 5.73 Å². The second kappa shape index (κ2) is 6.13. The van der Waals surface area contributed by atoms with E-state index >= 15 is 0 Å². The lowest BCUT2D eigenvalue weighted by atomic mass is 10.0. The summed E-state index contributed by atoms with van der Waals surface area (Å²) in [6.07, 6.45) is 2.52. The van der Waals surface area contributed by atoms with E-state index in [0.717, 1.165) is 18.2 Å². The Morgan fingerprint density at radius 3 is 2.60 bits per heavy atom. The minimum atomic E-state index is 0.578. The van der Waals surface area contributed by atoms with Crippen molar-refractivity contribution < 1.29 is 0 Å². The molecule has 1 rings (SSSR count). The molecular formula is C12H22N2S. The van der Waals surface area contributed by atoms with Crippen LogP contribution in [0, 0.1) is 5.92 Å². The summed E-state index contributed by atoms with van der Waals surface area (Å²) in [4.78, 5) is 1.26. The van der Waals surface area contributed by atoms with E-state index in [2.05, 4.69) is 26.1 Å². The molecule has 1 heterocycles. The van der Waals surface area contributed by atoms with Gasteiger partial charge in [0, 0.05) is 23.2 Å². The van der Waals surface area contributed by atoms with Gasteiger partial charge in [-0.1, -0.05) is 13.8 Å². The van der Waals surface area contributed by atoms with Gasteiger partial charge in [0.25, 0.3) is 0 Å². The zero-order valence-electron chi connectivity index (χ0n) is 9.92. The lowest BCUT2D eigenvalue weighted by molar-refractivity contribution is 0.452. The largest absolute Gasteiger partial charge is 0.398 e. The molecule has 2 nitrogen and oxygen atoms in total. The summed E-state index contributed by atoms with van der Waals surface area (Å²) < 4.78 is 0. The Bertz CT molecular complexity index is 281. The summed E-state index contributed by atoms with van der Waals surface area (Å²) >= 11 is 1.73. The highest BCUT2D eigenvalue weighted by molar-refractivity contribution is 7.10. The van der Waals surface area contributed by atoms with Crippen molar-refractivity contribution in [3.05, 3.63) is 16.3 Å². The zero-order valence-corrected chi connectivity index (χ0v) is 10.7. The molecule has 1 aromatic rings. The normalized spacial score (nSPS) is 13.3. The molecule has 0 aromatic carbocycles. The molecule has 0 saturated carbocycles. The van der Waals surface area contributed by atoms with Crippen LogP contribution in [-0.2, 0) is 6.54 Å². The van der Waals surface area contributed by atoms with Crippen LogP contribution in [-0.4, -0.2) is 6.04 Å². The standard InChI is InChI=1S/C12H22N2S/c1-9(2)4-5-10(3)14-8-12-11(13)6-7-15-12/h6-7,9-10,14H,4-5,8,13H2,1-3H3. The molecule has 0 radical (unpaired) electrons. The van der Waals surface area contributed by atoms with Gasteiger partial charge >= 0.3 is 0 Å². The summed E-state index contributed by atoms with van der Waals surface area (Å²) in [6, 6.07) is 2.55. The Hall–Kier alpha value is -0.540. The van der Waals surface area contributed by atoms with Crippen molar-refractivity contribution >= 4 is 17.0 Å². The van der Waals surface area contributed by atoms with Crippen molar-refractivity contribution in [1.82, 2.24) is 5.32 Å². The number of nitrogens with two attached hydrogens (primary N) is 1. The Labute approximate surface area is 96.9 Å². The van der Waals surface area contributed by atoms with Crippen molar-refractivity contribution in [2.45, 2.75) is 46.2 Å². The predicted octanol–water partition coefficient (Wildman–Crippen LogP) is 3.24. The average molecular weight is 226 g/mol. The Kier molecular flexibility index (Phi) is 5.12. The molecule has 3 N–H and O–H groups in total. The maximum atomic E-state index is 5.82. The van der Waals surface area contributed by atoms with E-state index in [1.165, 1.54) is 17.7 Å². The monoisotopic (exact) mass is 226 g/mol. The number of hydrogen-bond acceptors (Lipinski definition) is 3. The van der Waals surface area contributed by atoms with E-state index in [-0.39, 0.29) is 0 Å². The lowest BCUT2D eigenvalue weighted by Crippen LogP contribution is -2.25. The molecule has 1 unspecified atom stereocenters. The molecule has 0 aliphatic carbocycles. The molecule has 0 fully saturated rings. The smallest absolute Gasteiger partial charge is 0.0468 e. The summed E-state index contributed by atoms with van der Waals surface area (Å²) in [5, 5.41) is 5.56. The van der Waals surface area contributed by atoms with Crippen molar-refractivity contribution in [3.63, 3.8) is 0 Å². The molecule has 0 aliphatic rings. The first-order chi connectivity index (χ1) is 7.09. The number of nitrogens with one attached hydrogen (secondary N) is 1. The SMILES string of the molecule is CC(C)CCC(C)NCc1sccc1N. The summed E-state index contributed by atoms with van der Waals surface area (Å²) in [6.45, 7) is 7.68. The Morgan fingerprint density at radius 1 is 1.33 bits per heavy atom. The molecule has 1 atom stereocenters. The van der Waals surface area contributed by atoms with E-state index in [1.54, 1.807) is 11.3 Å². The van der Waals surface area contributed by atoms with Gasteiger partial charge in [-0.15, -0.1) is 11.3 Å². The second-order valence-electron chi connectivity index (χ2n) is 4.55. The van der Waals surface area contributed by atoms with Crippen molar-refractivity contribution in [2.24, 2.45) is 5.92 Å². The molecular weight excluding hydrogens is 204 g/mol. The maximum absolute atomic E-state index is 5.82. The van der Waals surface area contributed by atoms with E-state index in [0.29, 0.717) is 6.04 Å². The average Bonchev–Trinajstić information content (AvgIpc) is 2.58. The van der Waals surface area contributed by atoms with Gasteiger partial charge in [-0.3, -0.25) is 0 Å². The Morgan fingerprint density at radius 2 is 2.07 bits per heavy atom. The molecule has 0 bridgehead atoms. The predicted molar refractivity (Wildman–Crippen MR) is 69.1 cm³/mol. The van der Waals surface area contributed by atoms with Gasteiger partial charge < -0.3 is 11.1 Å². The van der Waals surface area contributed by atoms with Crippen LogP contribution < -0.4 is 11.1 Å². The third-order valence-electron chi connectivity index (χ3n) is 2.57. The first-order valence-electron chi connectivity index (χ1n) is 5.64. The first-order valence-corrected chi connectivity index (χ1v) is 6.52. The van der Waals surface area contributed by atoms with Crippen LogP contribution in [0.4, 0.5) is 5.69 Å². The third kappa shape index (κ3) is 4.67. The highest BCUT2D eigenvalue weighted by Crippen LogP contribution is 2.18. The quantitative estimate of drug-likeness (QED) is 0.781. The molecule has 1 aromatic heterocycles. The lowest BCUT2D eigenvalue weighted by Gasteiger charge is -2.14. The van der Waals surface area contributed by atoms with Gasteiger partial charge in [0.2, 0.25) is 0 Å². The van der Waals surface area contributed by atoms with Crippen molar-refractivity contribution in [2.75, 3.05) is 5.73 Å². The molecule has 15 heavy (non-hydrogen) atoms. The zero-order chi connectivity index (χ0) is 11.3. The fourth-order valence-electron chi connectivity index (χ4n) is 1.45. The third-order valence-corrected chi connectivity index (χ3v) is 3.50. The van der Waals surface area contributed by atoms with E-state index in [1.807, 2.05) is 11.4 Å². The first kappa shape index (κ1) is 12.5. The van der Waals surface area contributed by atoms with E-state index in [9.17, 15) is 0 Å². The van der Waals surface area contributed by atoms with Gasteiger partial charge in [0.1, 0.15) is 0 Å². The van der Waals surface area contributed by atoms with Gasteiger partial charge in [0.05, 0.1) is 0 Å². The summed E-state index contributed by atoms with van der Waals surface area (Å²) in [7, 11) is 0. The van der Waals surface area contributed by atoms with E-state index < -0.39 is 0 Å². The summed E-state index contributed by atoms with van der Waals surface area (Å²) in [5.41, 5.74) is 6.74. The topological polar surface area (TPSA) is 38.0 Å². The minimum Gasteiger partial charge on any atom is -0.398 e. The van der Waals surface area contributed by atoms with Crippen molar-refractivity contribution in [1.29, 1.82) is 0 Å². The molecule has 0 spiro atoms. The molecule has 0 amide bonds. The highest BCUT2D eigenvalue weighted by Gasteiger charge is 2.05.